The Hall–Kier alpha value is -3.98. The molecule has 0 saturated heterocycles. The van der Waals surface area contributed by atoms with Crippen LogP contribution in [0.5, 0.6) is 0 Å². The van der Waals surface area contributed by atoms with Gasteiger partial charge in [0.05, 0.1) is 15.5 Å². The highest BCUT2D eigenvalue weighted by Crippen LogP contribution is 2.27. The van der Waals surface area contributed by atoms with Gasteiger partial charge >= 0.3 is 5.97 Å². The summed E-state index contributed by atoms with van der Waals surface area (Å²) < 4.78 is 10.4. The summed E-state index contributed by atoms with van der Waals surface area (Å²) in [5, 5.41) is 13.4. The van der Waals surface area contributed by atoms with Gasteiger partial charge < -0.3 is 14.5 Å². The summed E-state index contributed by atoms with van der Waals surface area (Å²) in [5.41, 5.74) is 1.25. The largest absolute Gasteiger partial charge is 0.453 e. The molecule has 3 aromatic rings. The quantitative estimate of drug-likeness (QED) is 0.248. The molecule has 10 heteroatoms. The van der Waals surface area contributed by atoms with Crippen molar-refractivity contribution in [3.63, 3.8) is 0 Å². The fourth-order valence-corrected chi connectivity index (χ4v) is 2.90. The molecule has 0 bridgehead atoms. The molecule has 0 aliphatic carbocycles. The number of non-ortho nitro benzene ring substituents is 1. The number of carbonyl (C=O) groups excluding carboxylic acids is 3. The second-order valence-electron chi connectivity index (χ2n) is 6.40. The van der Waals surface area contributed by atoms with Gasteiger partial charge in [0.1, 0.15) is 5.76 Å². The van der Waals surface area contributed by atoms with E-state index in [1.165, 1.54) is 36.4 Å². The van der Waals surface area contributed by atoms with Gasteiger partial charge in [-0.3, -0.25) is 19.7 Å². The predicted octanol–water partition coefficient (Wildman–Crippen LogP) is 4.42. The summed E-state index contributed by atoms with van der Waals surface area (Å²) in [7, 11) is 0. The molecule has 1 N–H and O–H groups in total. The summed E-state index contributed by atoms with van der Waals surface area (Å²) in [5.74, 6) is -0.963. The number of hydrogen-bond donors (Lipinski definition) is 1. The minimum atomic E-state index is -0.829. The average molecular weight is 443 g/mol. The Kier molecular flexibility index (Phi) is 6.46. The van der Waals surface area contributed by atoms with Crippen LogP contribution in [0.2, 0.25) is 5.02 Å². The van der Waals surface area contributed by atoms with Gasteiger partial charge in [0.15, 0.2) is 18.7 Å². The number of amides is 1. The van der Waals surface area contributed by atoms with Crippen LogP contribution in [0.4, 0.5) is 11.4 Å². The van der Waals surface area contributed by atoms with E-state index in [0.717, 1.165) is 0 Å². The monoisotopic (exact) mass is 442 g/mol. The van der Waals surface area contributed by atoms with E-state index >= 15 is 0 Å². The van der Waals surface area contributed by atoms with E-state index in [2.05, 4.69) is 5.32 Å². The Labute approximate surface area is 180 Å². The molecule has 0 aliphatic heterocycles. The van der Waals surface area contributed by atoms with Gasteiger partial charge in [0.2, 0.25) is 0 Å². The van der Waals surface area contributed by atoms with Crippen molar-refractivity contribution in [2.45, 2.75) is 6.92 Å². The predicted molar refractivity (Wildman–Crippen MR) is 111 cm³/mol. The number of benzene rings is 2. The fourth-order valence-electron chi connectivity index (χ4n) is 2.70. The summed E-state index contributed by atoms with van der Waals surface area (Å²) >= 11 is 6.07. The van der Waals surface area contributed by atoms with Crippen molar-refractivity contribution in [3.8, 4) is 11.3 Å². The van der Waals surface area contributed by atoms with Crippen LogP contribution in [0.1, 0.15) is 26.5 Å². The topological polar surface area (TPSA) is 129 Å². The second-order valence-corrected chi connectivity index (χ2v) is 6.80. The Balaban J connectivity index is 1.66. The number of anilines is 1. The molecule has 0 atom stereocenters. The molecule has 0 radical (unpaired) electrons. The molecule has 0 spiro atoms. The van der Waals surface area contributed by atoms with Crippen molar-refractivity contribution in [1.29, 1.82) is 0 Å². The highest BCUT2D eigenvalue weighted by Gasteiger charge is 2.17. The third-order valence-electron chi connectivity index (χ3n) is 4.24. The molecule has 158 valence electrons. The SMILES string of the molecule is Cc1cc([N+](=O)[O-])ccc1NC(=O)COC(=O)c1cc(-c2ccc(C=O)o2)ccc1Cl. The first-order chi connectivity index (χ1) is 14.8. The highest BCUT2D eigenvalue weighted by atomic mass is 35.5. The lowest BCUT2D eigenvalue weighted by Crippen LogP contribution is -2.21. The van der Waals surface area contributed by atoms with Crippen LogP contribution in [0, 0.1) is 17.0 Å². The van der Waals surface area contributed by atoms with E-state index in [0.29, 0.717) is 28.9 Å². The van der Waals surface area contributed by atoms with Crippen molar-refractivity contribution >= 4 is 41.1 Å². The molecule has 3 rings (SSSR count). The number of aldehydes is 1. The molecule has 0 saturated carbocycles. The molecule has 1 aromatic heterocycles. The molecule has 0 unspecified atom stereocenters. The minimum absolute atomic E-state index is 0.0162. The van der Waals surface area contributed by atoms with E-state index in [1.54, 1.807) is 19.1 Å². The zero-order valence-electron chi connectivity index (χ0n) is 16.1. The minimum Gasteiger partial charge on any atom is -0.453 e. The van der Waals surface area contributed by atoms with Crippen LogP contribution < -0.4 is 5.32 Å². The maximum Gasteiger partial charge on any atom is 0.340 e. The zero-order valence-corrected chi connectivity index (χ0v) is 16.8. The Morgan fingerprint density at radius 1 is 1.19 bits per heavy atom. The van der Waals surface area contributed by atoms with Gasteiger partial charge in [-0.25, -0.2) is 4.79 Å². The number of nitrogens with zero attached hydrogens (tertiary/aromatic N) is 1. The molecule has 9 nitrogen and oxygen atoms in total. The summed E-state index contributed by atoms with van der Waals surface area (Å²) in [4.78, 5) is 45.5. The van der Waals surface area contributed by atoms with Gasteiger partial charge in [-0.1, -0.05) is 11.6 Å². The van der Waals surface area contributed by atoms with Gasteiger partial charge in [-0.15, -0.1) is 0 Å². The number of carbonyl (C=O) groups is 3. The fraction of sp³-hybridized carbons (Fsp3) is 0.0952. The molecule has 0 fully saturated rings. The highest BCUT2D eigenvalue weighted by molar-refractivity contribution is 6.33. The molecular weight excluding hydrogens is 428 g/mol. The standard InChI is InChI=1S/C21H15ClN2O7/c1-12-8-14(24(28)29)3-6-18(12)23-20(26)11-30-21(27)16-9-13(2-5-17(16)22)19-7-4-15(10-25)31-19/h2-10H,11H2,1H3,(H,23,26). The molecule has 2 aromatic carbocycles. The second kappa shape index (κ2) is 9.23. The van der Waals surface area contributed by atoms with Crippen molar-refractivity contribution in [2.24, 2.45) is 0 Å². The molecule has 1 amide bonds. The molecule has 1 heterocycles. The number of nitro benzene ring substituents is 1. The maximum atomic E-state index is 12.4. The molecule has 0 aliphatic rings. The number of esters is 1. The van der Waals surface area contributed by atoms with Gasteiger partial charge in [0, 0.05) is 23.4 Å². The van der Waals surface area contributed by atoms with E-state index in [1.807, 2.05) is 0 Å². The van der Waals surface area contributed by atoms with Crippen molar-refractivity contribution in [3.05, 3.63) is 80.6 Å². The molecular formula is C21H15ClN2O7. The van der Waals surface area contributed by atoms with Crippen molar-refractivity contribution in [2.75, 3.05) is 11.9 Å². The smallest absolute Gasteiger partial charge is 0.340 e. The summed E-state index contributed by atoms with van der Waals surface area (Å²) in [6, 6.07) is 11.5. The third kappa shape index (κ3) is 5.14. The number of nitrogens with one attached hydrogen (secondary N) is 1. The van der Waals surface area contributed by atoms with E-state index < -0.39 is 23.4 Å². The van der Waals surface area contributed by atoms with E-state index in [9.17, 15) is 24.5 Å². The van der Waals surface area contributed by atoms with Crippen molar-refractivity contribution in [1.82, 2.24) is 0 Å². The number of hydrogen-bond acceptors (Lipinski definition) is 7. The Morgan fingerprint density at radius 2 is 1.97 bits per heavy atom. The van der Waals surface area contributed by atoms with Crippen LogP contribution in [0.3, 0.4) is 0 Å². The summed E-state index contributed by atoms with van der Waals surface area (Å²) in [6.07, 6.45) is 0.555. The normalized spacial score (nSPS) is 10.4. The third-order valence-corrected chi connectivity index (χ3v) is 4.57. The average Bonchev–Trinajstić information content (AvgIpc) is 3.23. The first-order valence-electron chi connectivity index (χ1n) is 8.85. The number of ether oxygens (including phenoxy) is 1. The lowest BCUT2D eigenvalue weighted by molar-refractivity contribution is -0.384. The van der Waals surface area contributed by atoms with E-state index in [-0.39, 0.29) is 22.0 Å². The first kappa shape index (κ1) is 21.7. The first-order valence-corrected chi connectivity index (χ1v) is 9.23. The number of furan rings is 1. The number of halogens is 1. The number of nitro groups is 1. The number of aryl methyl sites for hydroxylation is 1. The molecule has 31 heavy (non-hydrogen) atoms. The van der Waals surface area contributed by atoms with Crippen LogP contribution in [-0.2, 0) is 9.53 Å². The van der Waals surface area contributed by atoms with Crippen LogP contribution in [0.15, 0.2) is 52.9 Å². The Morgan fingerprint density at radius 3 is 2.61 bits per heavy atom. The lowest BCUT2D eigenvalue weighted by atomic mass is 10.1. The Bertz CT molecular complexity index is 1190. The van der Waals surface area contributed by atoms with Gasteiger partial charge in [-0.05, 0) is 48.9 Å². The van der Waals surface area contributed by atoms with Crippen LogP contribution >= 0.6 is 11.6 Å². The lowest BCUT2D eigenvalue weighted by Gasteiger charge is -2.10. The van der Waals surface area contributed by atoms with Gasteiger partial charge in [0.25, 0.3) is 11.6 Å². The maximum absolute atomic E-state index is 12.4. The number of rotatable bonds is 7. The summed E-state index contributed by atoms with van der Waals surface area (Å²) in [6.45, 7) is 1.01. The van der Waals surface area contributed by atoms with E-state index in [4.69, 9.17) is 20.8 Å². The van der Waals surface area contributed by atoms with Crippen LogP contribution in [-0.4, -0.2) is 29.7 Å². The van der Waals surface area contributed by atoms with Crippen LogP contribution in [0.25, 0.3) is 11.3 Å². The zero-order chi connectivity index (χ0) is 22.5. The van der Waals surface area contributed by atoms with Gasteiger partial charge in [-0.2, -0.15) is 0 Å². The van der Waals surface area contributed by atoms with Crippen molar-refractivity contribution < 1.29 is 28.5 Å².